The normalized spacial score (nSPS) is 17.9. The Bertz CT molecular complexity index is 1260. The van der Waals surface area contributed by atoms with Crippen molar-refractivity contribution < 1.29 is 24.5 Å². The van der Waals surface area contributed by atoms with Crippen LogP contribution in [0.4, 0.5) is 0 Å². The summed E-state index contributed by atoms with van der Waals surface area (Å²) in [6, 6.07) is 3.84. The highest BCUT2D eigenvalue weighted by atomic mass is 16.5. The van der Waals surface area contributed by atoms with Gasteiger partial charge in [0.25, 0.3) is 0 Å². The molecule has 1 aliphatic heterocycles. The maximum absolute atomic E-state index is 12.9. The minimum atomic E-state index is -0.625. The van der Waals surface area contributed by atoms with E-state index < -0.39 is 11.0 Å². The largest absolute Gasteiger partial charge is 0.507 e. The van der Waals surface area contributed by atoms with E-state index in [0.717, 1.165) is 12.8 Å². The summed E-state index contributed by atoms with van der Waals surface area (Å²) in [5, 5.41) is 30.5. The van der Waals surface area contributed by atoms with Crippen LogP contribution < -0.4 is 10.2 Å². The zero-order valence-electron chi connectivity index (χ0n) is 16.4. The van der Waals surface area contributed by atoms with Gasteiger partial charge < -0.3 is 24.5 Å². The maximum atomic E-state index is 12.9. The number of allylic oxidation sites excluding steroid dienone is 2. The van der Waals surface area contributed by atoms with Gasteiger partial charge in [-0.25, -0.2) is 0 Å². The van der Waals surface area contributed by atoms with Crippen molar-refractivity contribution >= 4 is 28.0 Å². The Morgan fingerprint density at radius 2 is 1.76 bits per heavy atom. The van der Waals surface area contributed by atoms with Gasteiger partial charge in [-0.05, 0) is 57.9 Å². The standard InChI is InChI=1S/C23H22O6/c1-12(2)5-4-9-23(3)10-8-13-17(29-23)11-16(26)19-20(27)18-14(24)6-7-15(25)22(18)28-21(13)19/h5-8,10-11,24-26H,4,9H2,1-3H3. The number of phenolic OH excluding ortho intramolecular Hbond substituents is 3. The predicted octanol–water partition coefficient (Wildman–Crippen LogP) is 4.97. The number of hydrogen-bond acceptors (Lipinski definition) is 6. The molecule has 150 valence electrons. The van der Waals surface area contributed by atoms with Crippen LogP contribution in [0.15, 0.2) is 45.1 Å². The second-order valence-electron chi connectivity index (χ2n) is 7.82. The van der Waals surface area contributed by atoms with E-state index in [9.17, 15) is 20.1 Å². The molecular formula is C23H22O6. The maximum Gasteiger partial charge on any atom is 0.208 e. The molecular weight excluding hydrogens is 372 g/mol. The lowest BCUT2D eigenvalue weighted by atomic mass is 9.93. The number of rotatable bonds is 3. The molecule has 0 spiro atoms. The minimum absolute atomic E-state index is 0.0708. The summed E-state index contributed by atoms with van der Waals surface area (Å²) in [7, 11) is 0. The molecule has 2 heterocycles. The first kappa shape index (κ1) is 18.9. The van der Waals surface area contributed by atoms with Crippen molar-refractivity contribution in [3.05, 3.63) is 51.7 Å². The number of benzene rings is 2. The fourth-order valence-electron chi connectivity index (χ4n) is 3.64. The number of phenols is 3. The van der Waals surface area contributed by atoms with Gasteiger partial charge >= 0.3 is 0 Å². The second kappa shape index (κ2) is 6.58. The van der Waals surface area contributed by atoms with Crippen LogP contribution >= 0.6 is 0 Å². The Balaban J connectivity index is 1.92. The first-order valence-electron chi connectivity index (χ1n) is 9.39. The first-order chi connectivity index (χ1) is 13.7. The molecule has 0 saturated carbocycles. The molecule has 0 amide bonds. The SMILES string of the molecule is CC(C)=CCCC1(C)C=Cc2c(cc(O)c3c(=O)c4c(O)ccc(O)c4oc23)O1. The fraction of sp³-hybridized carbons (Fsp3) is 0.261. The quantitative estimate of drug-likeness (QED) is 0.329. The van der Waals surface area contributed by atoms with Crippen LogP contribution in [0.5, 0.6) is 23.0 Å². The van der Waals surface area contributed by atoms with E-state index in [1.165, 1.54) is 23.8 Å². The third-order valence-electron chi connectivity index (χ3n) is 5.17. The van der Waals surface area contributed by atoms with E-state index in [4.69, 9.17) is 9.15 Å². The number of fused-ring (bicyclic) bond motifs is 4. The van der Waals surface area contributed by atoms with E-state index in [1.54, 1.807) is 6.08 Å². The topological polar surface area (TPSA) is 100 Å². The van der Waals surface area contributed by atoms with Gasteiger partial charge in [0.1, 0.15) is 33.6 Å². The van der Waals surface area contributed by atoms with E-state index >= 15 is 0 Å². The third-order valence-corrected chi connectivity index (χ3v) is 5.17. The zero-order chi connectivity index (χ0) is 20.9. The molecule has 0 aliphatic carbocycles. The van der Waals surface area contributed by atoms with Gasteiger partial charge in [0, 0.05) is 6.07 Å². The Labute approximate surface area is 167 Å². The molecule has 1 aromatic heterocycles. The van der Waals surface area contributed by atoms with E-state index in [1.807, 2.05) is 26.8 Å². The summed E-state index contributed by atoms with van der Waals surface area (Å²) < 4.78 is 11.9. The van der Waals surface area contributed by atoms with Crippen molar-refractivity contribution in [2.75, 3.05) is 0 Å². The first-order valence-corrected chi connectivity index (χ1v) is 9.39. The van der Waals surface area contributed by atoms with Gasteiger partial charge in [-0.2, -0.15) is 0 Å². The highest BCUT2D eigenvalue weighted by molar-refractivity contribution is 6.01. The van der Waals surface area contributed by atoms with Crippen molar-refractivity contribution in [3.8, 4) is 23.0 Å². The van der Waals surface area contributed by atoms with Crippen LogP contribution in [-0.4, -0.2) is 20.9 Å². The van der Waals surface area contributed by atoms with Crippen LogP contribution in [0.1, 0.15) is 39.2 Å². The van der Waals surface area contributed by atoms with Crippen LogP contribution in [-0.2, 0) is 0 Å². The number of ether oxygens (including phenoxy) is 1. The summed E-state index contributed by atoms with van der Waals surface area (Å²) in [6.07, 6.45) is 7.42. The molecule has 3 N–H and O–H groups in total. The number of hydrogen-bond donors (Lipinski definition) is 3. The molecule has 29 heavy (non-hydrogen) atoms. The summed E-state index contributed by atoms with van der Waals surface area (Å²) in [4.78, 5) is 12.9. The van der Waals surface area contributed by atoms with Crippen LogP contribution in [0.2, 0.25) is 0 Å². The van der Waals surface area contributed by atoms with Crippen molar-refractivity contribution in [3.63, 3.8) is 0 Å². The molecule has 1 atom stereocenters. The van der Waals surface area contributed by atoms with Gasteiger partial charge in [0.2, 0.25) is 5.43 Å². The molecule has 0 radical (unpaired) electrons. The van der Waals surface area contributed by atoms with Crippen molar-refractivity contribution in [2.45, 2.75) is 39.2 Å². The lowest BCUT2D eigenvalue weighted by Crippen LogP contribution is -2.31. The Morgan fingerprint density at radius 3 is 2.48 bits per heavy atom. The Hall–Kier alpha value is -3.41. The fourth-order valence-corrected chi connectivity index (χ4v) is 3.64. The average Bonchev–Trinajstić information content (AvgIpc) is 2.63. The summed E-state index contributed by atoms with van der Waals surface area (Å²) in [5.74, 6) is -0.524. The highest BCUT2D eigenvalue weighted by Crippen LogP contribution is 2.43. The molecule has 2 aromatic carbocycles. The molecule has 6 nitrogen and oxygen atoms in total. The molecule has 3 aromatic rings. The average molecular weight is 394 g/mol. The van der Waals surface area contributed by atoms with Gasteiger partial charge in [-0.3, -0.25) is 4.79 Å². The summed E-state index contributed by atoms with van der Waals surface area (Å²) >= 11 is 0. The monoisotopic (exact) mass is 394 g/mol. The van der Waals surface area contributed by atoms with Crippen LogP contribution in [0.25, 0.3) is 28.0 Å². The van der Waals surface area contributed by atoms with Gasteiger partial charge in [0.15, 0.2) is 16.9 Å². The predicted molar refractivity (Wildman–Crippen MR) is 112 cm³/mol. The van der Waals surface area contributed by atoms with Crippen molar-refractivity contribution in [2.24, 2.45) is 0 Å². The lowest BCUT2D eigenvalue weighted by molar-refractivity contribution is 0.128. The summed E-state index contributed by atoms with van der Waals surface area (Å²) in [6.45, 7) is 6.03. The molecule has 1 unspecified atom stereocenters. The zero-order valence-corrected chi connectivity index (χ0v) is 16.4. The highest BCUT2D eigenvalue weighted by Gasteiger charge is 2.30. The van der Waals surface area contributed by atoms with Crippen LogP contribution in [0, 0.1) is 0 Å². The van der Waals surface area contributed by atoms with Gasteiger partial charge in [-0.1, -0.05) is 11.6 Å². The molecule has 0 saturated heterocycles. The van der Waals surface area contributed by atoms with E-state index in [0.29, 0.717) is 11.3 Å². The molecule has 1 aliphatic rings. The minimum Gasteiger partial charge on any atom is -0.507 e. The number of aromatic hydroxyl groups is 3. The summed E-state index contributed by atoms with van der Waals surface area (Å²) in [5.41, 5.74) is 0.492. The Kier molecular flexibility index (Phi) is 4.30. The van der Waals surface area contributed by atoms with Crippen molar-refractivity contribution in [1.29, 1.82) is 0 Å². The smallest absolute Gasteiger partial charge is 0.208 e. The molecule has 6 heteroatoms. The van der Waals surface area contributed by atoms with E-state index in [2.05, 4.69) is 6.08 Å². The Morgan fingerprint density at radius 1 is 1.07 bits per heavy atom. The second-order valence-corrected chi connectivity index (χ2v) is 7.82. The molecule has 0 bridgehead atoms. The van der Waals surface area contributed by atoms with Gasteiger partial charge in [0.05, 0.1) is 5.56 Å². The van der Waals surface area contributed by atoms with E-state index in [-0.39, 0.29) is 39.2 Å². The molecule has 0 fully saturated rings. The third kappa shape index (κ3) is 3.10. The van der Waals surface area contributed by atoms with Crippen molar-refractivity contribution in [1.82, 2.24) is 0 Å². The lowest BCUT2D eigenvalue weighted by Gasteiger charge is -2.31. The van der Waals surface area contributed by atoms with Gasteiger partial charge in [-0.15, -0.1) is 0 Å². The van der Waals surface area contributed by atoms with Crippen LogP contribution in [0.3, 0.4) is 0 Å². The molecule has 4 rings (SSSR count).